The Hall–Kier alpha value is -0.810. The van der Waals surface area contributed by atoms with E-state index in [0.29, 0.717) is 26.2 Å². The molecule has 0 bridgehead atoms. The number of hydrogen-bond donors (Lipinski definition) is 1. The molecule has 2 unspecified atom stereocenters. The zero-order chi connectivity index (χ0) is 13.9. The van der Waals surface area contributed by atoms with Crippen molar-refractivity contribution in [2.45, 2.75) is 33.7 Å². The summed E-state index contributed by atoms with van der Waals surface area (Å²) in [6.45, 7) is 10.0. The first kappa shape index (κ1) is 18.2. The van der Waals surface area contributed by atoms with Gasteiger partial charge in [0.15, 0.2) is 0 Å². The van der Waals surface area contributed by atoms with E-state index in [1.54, 1.807) is 0 Å². The molecule has 0 spiro atoms. The van der Waals surface area contributed by atoms with Gasteiger partial charge in [-0.1, -0.05) is 20.8 Å². The lowest BCUT2D eigenvalue weighted by molar-refractivity contribution is -0.143. The van der Waals surface area contributed by atoms with Gasteiger partial charge in [-0.15, -0.1) is 12.4 Å². The summed E-state index contributed by atoms with van der Waals surface area (Å²) >= 11 is 0. The van der Waals surface area contributed by atoms with Crippen molar-refractivity contribution in [2.75, 3.05) is 26.2 Å². The molecular weight excluding hydrogens is 266 g/mol. The average molecular weight is 292 g/mol. The lowest BCUT2D eigenvalue weighted by atomic mass is 10.0. The fourth-order valence-corrected chi connectivity index (χ4v) is 2.03. The Kier molecular flexibility index (Phi) is 7.37. The zero-order valence-electron chi connectivity index (χ0n) is 12.3. The van der Waals surface area contributed by atoms with Crippen molar-refractivity contribution in [3.05, 3.63) is 0 Å². The molecule has 6 heteroatoms. The van der Waals surface area contributed by atoms with Crippen LogP contribution in [-0.2, 0) is 9.59 Å². The van der Waals surface area contributed by atoms with E-state index in [4.69, 9.17) is 5.73 Å². The summed E-state index contributed by atoms with van der Waals surface area (Å²) < 4.78 is 0. The van der Waals surface area contributed by atoms with Crippen molar-refractivity contribution in [1.82, 2.24) is 9.80 Å². The summed E-state index contributed by atoms with van der Waals surface area (Å²) in [5.41, 5.74) is 5.75. The first-order valence-electron chi connectivity index (χ1n) is 6.67. The van der Waals surface area contributed by atoms with Crippen LogP contribution in [0.25, 0.3) is 0 Å². The van der Waals surface area contributed by atoms with Gasteiger partial charge < -0.3 is 15.5 Å². The minimum atomic E-state index is -0.155. The summed E-state index contributed by atoms with van der Waals surface area (Å²) in [6, 6.07) is -0.132. The van der Waals surface area contributed by atoms with Crippen molar-refractivity contribution in [3.63, 3.8) is 0 Å². The van der Waals surface area contributed by atoms with E-state index >= 15 is 0 Å². The molecule has 112 valence electrons. The monoisotopic (exact) mass is 291 g/mol. The van der Waals surface area contributed by atoms with Gasteiger partial charge in [0, 0.05) is 38.1 Å². The van der Waals surface area contributed by atoms with E-state index in [2.05, 4.69) is 0 Å². The first-order valence-corrected chi connectivity index (χ1v) is 6.67. The van der Waals surface area contributed by atoms with Crippen molar-refractivity contribution in [3.8, 4) is 0 Å². The van der Waals surface area contributed by atoms with Crippen LogP contribution in [-0.4, -0.2) is 53.8 Å². The maximum absolute atomic E-state index is 12.1. The molecule has 0 aromatic heterocycles. The molecule has 0 aliphatic carbocycles. The predicted molar refractivity (Wildman–Crippen MR) is 78.1 cm³/mol. The van der Waals surface area contributed by atoms with E-state index in [1.165, 1.54) is 0 Å². The maximum Gasteiger partial charge on any atom is 0.227 e. The number of halogens is 1. The van der Waals surface area contributed by atoms with Crippen molar-refractivity contribution in [1.29, 1.82) is 0 Å². The minimum absolute atomic E-state index is 0. The van der Waals surface area contributed by atoms with Crippen LogP contribution in [0.5, 0.6) is 0 Å². The number of piperazine rings is 1. The van der Waals surface area contributed by atoms with E-state index < -0.39 is 0 Å². The number of hydrogen-bond acceptors (Lipinski definition) is 3. The van der Waals surface area contributed by atoms with Gasteiger partial charge in [-0.05, 0) is 6.92 Å². The third kappa shape index (κ3) is 4.66. The van der Waals surface area contributed by atoms with Gasteiger partial charge in [0.25, 0.3) is 0 Å². The van der Waals surface area contributed by atoms with E-state index in [9.17, 15) is 9.59 Å². The van der Waals surface area contributed by atoms with Gasteiger partial charge in [0.2, 0.25) is 11.8 Å². The summed E-state index contributed by atoms with van der Waals surface area (Å²) in [6.07, 6.45) is 0. The normalized spacial score (nSPS) is 18.8. The van der Waals surface area contributed by atoms with Gasteiger partial charge in [-0.3, -0.25) is 9.59 Å². The smallest absolute Gasteiger partial charge is 0.227 e. The Morgan fingerprint density at radius 1 is 0.895 bits per heavy atom. The molecule has 1 heterocycles. The van der Waals surface area contributed by atoms with Crippen LogP contribution in [0.15, 0.2) is 0 Å². The molecule has 1 saturated heterocycles. The molecule has 5 nitrogen and oxygen atoms in total. The van der Waals surface area contributed by atoms with Crippen LogP contribution in [0.3, 0.4) is 0 Å². The highest BCUT2D eigenvalue weighted by atomic mass is 35.5. The first-order chi connectivity index (χ1) is 8.34. The molecule has 1 fully saturated rings. The number of carbonyl (C=O) groups excluding carboxylic acids is 2. The van der Waals surface area contributed by atoms with Crippen LogP contribution >= 0.6 is 12.4 Å². The number of nitrogens with zero attached hydrogens (tertiary/aromatic N) is 2. The van der Waals surface area contributed by atoms with Gasteiger partial charge in [-0.25, -0.2) is 0 Å². The third-order valence-electron chi connectivity index (χ3n) is 3.58. The summed E-state index contributed by atoms with van der Waals surface area (Å²) in [5, 5.41) is 0. The maximum atomic E-state index is 12.1. The molecule has 1 rings (SSSR count). The summed E-state index contributed by atoms with van der Waals surface area (Å²) in [5.74, 6) is 0.136. The Morgan fingerprint density at radius 3 is 1.58 bits per heavy atom. The van der Waals surface area contributed by atoms with Crippen molar-refractivity contribution < 1.29 is 9.59 Å². The second-order valence-electron chi connectivity index (χ2n) is 5.45. The van der Waals surface area contributed by atoms with Crippen LogP contribution in [0.4, 0.5) is 0 Å². The van der Waals surface area contributed by atoms with Crippen LogP contribution in [0.1, 0.15) is 27.7 Å². The topological polar surface area (TPSA) is 66.6 Å². The van der Waals surface area contributed by atoms with E-state index in [-0.39, 0.29) is 42.1 Å². The molecule has 0 aromatic rings. The molecule has 1 aliphatic rings. The fourth-order valence-electron chi connectivity index (χ4n) is 2.03. The highest BCUT2D eigenvalue weighted by molar-refractivity contribution is 5.85. The molecule has 2 N–H and O–H groups in total. The molecule has 0 aromatic carbocycles. The molecule has 19 heavy (non-hydrogen) atoms. The van der Waals surface area contributed by atoms with Crippen LogP contribution in [0, 0.1) is 11.8 Å². The molecule has 2 amide bonds. The minimum Gasteiger partial charge on any atom is -0.339 e. The molecular formula is C13H26ClN3O2. The Morgan fingerprint density at radius 2 is 1.26 bits per heavy atom. The summed E-state index contributed by atoms with van der Waals surface area (Å²) in [7, 11) is 0. The Labute approximate surface area is 121 Å². The second-order valence-corrected chi connectivity index (χ2v) is 5.45. The van der Waals surface area contributed by atoms with Gasteiger partial charge in [-0.2, -0.15) is 0 Å². The fraction of sp³-hybridized carbons (Fsp3) is 0.846. The quantitative estimate of drug-likeness (QED) is 0.833. The lowest BCUT2D eigenvalue weighted by Crippen LogP contribution is -2.53. The zero-order valence-corrected chi connectivity index (χ0v) is 13.1. The second kappa shape index (κ2) is 7.70. The average Bonchev–Trinajstić information content (AvgIpc) is 2.36. The van der Waals surface area contributed by atoms with Gasteiger partial charge >= 0.3 is 0 Å². The van der Waals surface area contributed by atoms with Crippen LogP contribution < -0.4 is 5.73 Å². The van der Waals surface area contributed by atoms with E-state index in [1.807, 2.05) is 37.5 Å². The molecule has 0 saturated carbocycles. The van der Waals surface area contributed by atoms with Crippen LogP contribution in [0.2, 0.25) is 0 Å². The number of carbonyl (C=O) groups is 2. The lowest BCUT2D eigenvalue weighted by Gasteiger charge is -2.37. The highest BCUT2D eigenvalue weighted by Crippen LogP contribution is 2.11. The molecule has 1 aliphatic heterocycles. The number of amides is 2. The SMILES string of the molecule is CC(C)C(=O)N1CCN(C(=O)C(C)C(C)N)CC1.Cl. The highest BCUT2D eigenvalue weighted by Gasteiger charge is 2.28. The Balaban J connectivity index is 0.00000324. The predicted octanol–water partition coefficient (Wildman–Crippen LogP) is 0.718. The number of nitrogens with two attached hydrogens (primary N) is 1. The third-order valence-corrected chi connectivity index (χ3v) is 3.58. The Bertz CT molecular complexity index is 313. The van der Waals surface area contributed by atoms with Crippen molar-refractivity contribution >= 4 is 24.2 Å². The largest absolute Gasteiger partial charge is 0.339 e. The molecule has 0 radical (unpaired) electrons. The standard InChI is InChI=1S/C13H25N3O2.ClH/c1-9(2)12(17)15-5-7-16(8-6-15)13(18)10(3)11(4)14;/h9-11H,5-8,14H2,1-4H3;1H. The van der Waals surface area contributed by atoms with Gasteiger partial charge in [0.1, 0.15) is 0 Å². The van der Waals surface area contributed by atoms with Gasteiger partial charge in [0.05, 0.1) is 5.92 Å². The van der Waals surface area contributed by atoms with E-state index in [0.717, 1.165) is 0 Å². The number of rotatable bonds is 3. The summed E-state index contributed by atoms with van der Waals surface area (Å²) in [4.78, 5) is 27.6. The molecule has 2 atom stereocenters. The van der Waals surface area contributed by atoms with Crippen molar-refractivity contribution in [2.24, 2.45) is 17.6 Å².